The maximum atomic E-state index is 13.0. The van der Waals surface area contributed by atoms with Crippen molar-refractivity contribution in [3.8, 4) is 5.75 Å². The van der Waals surface area contributed by atoms with Crippen LogP contribution in [0.4, 0.5) is 5.82 Å². The molecule has 33 heavy (non-hydrogen) atoms. The van der Waals surface area contributed by atoms with Crippen LogP contribution in [0.25, 0.3) is 10.8 Å². The molecule has 2 heterocycles. The summed E-state index contributed by atoms with van der Waals surface area (Å²) in [6.45, 7) is 0.880. The number of nitrogens with two attached hydrogens (primary N) is 2. The third-order valence-electron chi connectivity index (χ3n) is 6.10. The average molecular weight is 448 g/mol. The standard InChI is InChI=1S/C25H29N5O3/c1-33-19-8-5-16(6-9-19)14-21(26)25(32)30-12-2-3-22(30)24(31)29-15-17-4-7-18-10-11-28-23(27)20(18)13-17/h4-11,13,21-22H,2-3,12,14-15,26H2,1H3,(H2,27,28)(H,29,31)/t21-,22+/m1/s1. The van der Waals surface area contributed by atoms with E-state index in [-0.39, 0.29) is 11.8 Å². The molecule has 1 aliphatic rings. The van der Waals surface area contributed by atoms with Gasteiger partial charge >= 0.3 is 0 Å². The second kappa shape index (κ2) is 9.87. The minimum Gasteiger partial charge on any atom is -0.497 e. The number of fused-ring (bicyclic) bond motifs is 1. The van der Waals surface area contributed by atoms with Crippen LogP contribution in [0.5, 0.6) is 5.75 Å². The van der Waals surface area contributed by atoms with Crippen molar-refractivity contribution < 1.29 is 14.3 Å². The van der Waals surface area contributed by atoms with E-state index in [0.717, 1.165) is 34.1 Å². The SMILES string of the molecule is COc1ccc(C[C@@H](N)C(=O)N2CCC[C@H]2C(=O)NCc2ccc3ccnc(N)c3c2)cc1. The average Bonchev–Trinajstić information content (AvgIpc) is 3.33. The second-order valence-corrected chi connectivity index (χ2v) is 8.32. The van der Waals surface area contributed by atoms with Crippen LogP contribution in [0.2, 0.25) is 0 Å². The number of benzene rings is 2. The van der Waals surface area contributed by atoms with Crippen molar-refractivity contribution in [2.24, 2.45) is 5.73 Å². The smallest absolute Gasteiger partial charge is 0.243 e. The van der Waals surface area contributed by atoms with E-state index in [1.807, 2.05) is 48.5 Å². The molecule has 8 nitrogen and oxygen atoms in total. The number of aromatic nitrogens is 1. The summed E-state index contributed by atoms with van der Waals surface area (Å²) in [6, 6.07) is 14.0. The Morgan fingerprint density at radius 3 is 2.70 bits per heavy atom. The molecule has 0 unspecified atom stereocenters. The van der Waals surface area contributed by atoms with E-state index in [9.17, 15) is 9.59 Å². The molecule has 2 amide bonds. The Morgan fingerprint density at radius 1 is 1.18 bits per heavy atom. The van der Waals surface area contributed by atoms with E-state index in [2.05, 4.69) is 10.3 Å². The third kappa shape index (κ3) is 5.06. The maximum absolute atomic E-state index is 13.0. The fourth-order valence-electron chi connectivity index (χ4n) is 4.27. The topological polar surface area (TPSA) is 124 Å². The van der Waals surface area contributed by atoms with E-state index >= 15 is 0 Å². The Hall–Kier alpha value is -3.65. The maximum Gasteiger partial charge on any atom is 0.243 e. The van der Waals surface area contributed by atoms with Crippen LogP contribution in [0, 0.1) is 0 Å². The lowest BCUT2D eigenvalue weighted by Gasteiger charge is -2.27. The molecule has 1 saturated heterocycles. The minimum absolute atomic E-state index is 0.170. The lowest BCUT2D eigenvalue weighted by Crippen LogP contribution is -2.51. The number of hydrogen-bond donors (Lipinski definition) is 3. The highest BCUT2D eigenvalue weighted by Crippen LogP contribution is 2.22. The van der Waals surface area contributed by atoms with Gasteiger partial charge in [-0.2, -0.15) is 0 Å². The fourth-order valence-corrected chi connectivity index (χ4v) is 4.27. The van der Waals surface area contributed by atoms with Gasteiger partial charge in [-0.3, -0.25) is 9.59 Å². The van der Waals surface area contributed by atoms with Gasteiger partial charge in [-0.25, -0.2) is 4.98 Å². The number of nitrogen functional groups attached to an aromatic ring is 1. The van der Waals surface area contributed by atoms with Crippen LogP contribution in [-0.2, 0) is 22.6 Å². The number of methoxy groups -OCH3 is 1. The summed E-state index contributed by atoms with van der Waals surface area (Å²) in [5, 5.41) is 4.81. The van der Waals surface area contributed by atoms with Gasteiger partial charge in [-0.15, -0.1) is 0 Å². The molecule has 3 aromatic rings. The number of anilines is 1. The molecule has 2 atom stereocenters. The zero-order valence-corrected chi connectivity index (χ0v) is 18.7. The van der Waals surface area contributed by atoms with Gasteiger partial charge in [-0.1, -0.05) is 24.3 Å². The number of likely N-dealkylation sites (tertiary alicyclic amines) is 1. The van der Waals surface area contributed by atoms with Crippen molar-refractivity contribution in [3.05, 3.63) is 65.9 Å². The van der Waals surface area contributed by atoms with Crippen molar-refractivity contribution in [2.45, 2.75) is 37.9 Å². The summed E-state index contributed by atoms with van der Waals surface area (Å²) in [5.74, 6) is 0.837. The fraction of sp³-hybridized carbons (Fsp3) is 0.320. The van der Waals surface area contributed by atoms with Gasteiger partial charge in [0.05, 0.1) is 13.2 Å². The first-order valence-corrected chi connectivity index (χ1v) is 11.1. The van der Waals surface area contributed by atoms with E-state index in [1.54, 1.807) is 18.2 Å². The van der Waals surface area contributed by atoms with Gasteiger partial charge in [0.1, 0.15) is 17.6 Å². The lowest BCUT2D eigenvalue weighted by atomic mass is 10.0. The van der Waals surface area contributed by atoms with E-state index in [0.29, 0.717) is 31.7 Å². The number of carbonyl (C=O) groups excluding carboxylic acids is 2. The molecule has 0 bridgehead atoms. The summed E-state index contributed by atoms with van der Waals surface area (Å²) in [5.41, 5.74) is 14.1. The highest BCUT2D eigenvalue weighted by Gasteiger charge is 2.36. The Morgan fingerprint density at radius 2 is 1.94 bits per heavy atom. The van der Waals surface area contributed by atoms with Crippen LogP contribution >= 0.6 is 0 Å². The van der Waals surface area contributed by atoms with Crippen molar-refractivity contribution in [1.29, 1.82) is 0 Å². The van der Waals surface area contributed by atoms with E-state index < -0.39 is 12.1 Å². The summed E-state index contributed by atoms with van der Waals surface area (Å²) in [6.07, 6.45) is 3.48. The van der Waals surface area contributed by atoms with Gasteiger partial charge in [0.15, 0.2) is 0 Å². The van der Waals surface area contributed by atoms with Crippen molar-refractivity contribution in [1.82, 2.24) is 15.2 Å². The van der Waals surface area contributed by atoms with Crippen molar-refractivity contribution >= 4 is 28.4 Å². The Labute approximate surface area is 192 Å². The first kappa shape index (κ1) is 22.5. The molecular formula is C25H29N5O3. The highest BCUT2D eigenvalue weighted by molar-refractivity contribution is 5.92. The predicted molar refractivity (Wildman–Crippen MR) is 127 cm³/mol. The van der Waals surface area contributed by atoms with E-state index in [1.165, 1.54) is 0 Å². The van der Waals surface area contributed by atoms with Crippen LogP contribution < -0.4 is 21.5 Å². The molecule has 172 valence electrons. The second-order valence-electron chi connectivity index (χ2n) is 8.32. The van der Waals surface area contributed by atoms with Gasteiger partial charge < -0.3 is 26.4 Å². The van der Waals surface area contributed by atoms with Crippen LogP contribution in [-0.4, -0.2) is 47.4 Å². The third-order valence-corrected chi connectivity index (χ3v) is 6.10. The van der Waals surface area contributed by atoms with Crippen LogP contribution in [0.15, 0.2) is 54.7 Å². The zero-order valence-electron chi connectivity index (χ0n) is 18.7. The summed E-state index contributed by atoms with van der Waals surface area (Å²) < 4.78 is 5.16. The van der Waals surface area contributed by atoms with E-state index in [4.69, 9.17) is 16.2 Å². The molecule has 0 spiro atoms. The number of rotatable bonds is 7. The van der Waals surface area contributed by atoms with Gasteiger partial charge in [-0.05, 0) is 60.0 Å². The molecule has 0 saturated carbocycles. The summed E-state index contributed by atoms with van der Waals surface area (Å²) >= 11 is 0. The Balaban J connectivity index is 1.37. The summed E-state index contributed by atoms with van der Waals surface area (Å²) in [7, 11) is 1.61. The number of hydrogen-bond acceptors (Lipinski definition) is 6. The first-order valence-electron chi connectivity index (χ1n) is 11.1. The quantitative estimate of drug-likeness (QED) is 0.509. The normalized spacial score (nSPS) is 16.5. The minimum atomic E-state index is -0.706. The largest absolute Gasteiger partial charge is 0.497 e. The molecule has 4 rings (SSSR count). The van der Waals surface area contributed by atoms with Gasteiger partial charge in [0, 0.05) is 24.7 Å². The van der Waals surface area contributed by atoms with Crippen molar-refractivity contribution in [3.63, 3.8) is 0 Å². The lowest BCUT2D eigenvalue weighted by molar-refractivity contribution is -0.139. The van der Waals surface area contributed by atoms with Gasteiger partial charge in [0.25, 0.3) is 0 Å². The van der Waals surface area contributed by atoms with Gasteiger partial charge in [0.2, 0.25) is 11.8 Å². The molecule has 1 fully saturated rings. The number of ether oxygens (including phenoxy) is 1. The van der Waals surface area contributed by atoms with Crippen molar-refractivity contribution in [2.75, 3.05) is 19.4 Å². The number of amides is 2. The molecule has 1 aliphatic heterocycles. The molecule has 1 aromatic heterocycles. The molecule has 2 aromatic carbocycles. The predicted octanol–water partition coefficient (Wildman–Crippen LogP) is 2.00. The zero-order chi connectivity index (χ0) is 23.4. The molecule has 5 N–H and O–H groups in total. The number of nitrogens with one attached hydrogen (secondary N) is 1. The van der Waals surface area contributed by atoms with Crippen LogP contribution in [0.1, 0.15) is 24.0 Å². The molecular weight excluding hydrogens is 418 g/mol. The summed E-state index contributed by atoms with van der Waals surface area (Å²) in [4.78, 5) is 31.7. The first-order chi connectivity index (χ1) is 16.0. The Bertz CT molecular complexity index is 1150. The molecule has 0 aliphatic carbocycles. The monoisotopic (exact) mass is 447 g/mol. The van der Waals surface area contributed by atoms with Crippen LogP contribution in [0.3, 0.4) is 0 Å². The number of pyridine rings is 1. The number of nitrogens with zero attached hydrogens (tertiary/aromatic N) is 2. The highest BCUT2D eigenvalue weighted by atomic mass is 16.5. The molecule has 8 heteroatoms. The number of carbonyl (C=O) groups is 2. The molecule has 0 radical (unpaired) electrons. The Kier molecular flexibility index (Phi) is 6.74.